The summed E-state index contributed by atoms with van der Waals surface area (Å²) in [6.45, 7) is 1.13. The number of rotatable bonds is 8. The molecule has 1 heterocycles. The van der Waals surface area contributed by atoms with Gasteiger partial charge < -0.3 is 19.5 Å². The number of aromatic nitrogens is 1. The summed E-state index contributed by atoms with van der Waals surface area (Å²) < 4.78 is 9.61. The van der Waals surface area contributed by atoms with Crippen molar-refractivity contribution < 1.29 is 18.8 Å². The molecule has 1 aromatic rings. The number of ether oxygens (including phenoxy) is 1. The van der Waals surface area contributed by atoms with E-state index in [9.17, 15) is 9.59 Å². The Balaban J connectivity index is 1.85. The van der Waals surface area contributed by atoms with E-state index in [-0.39, 0.29) is 24.3 Å². The molecule has 1 aliphatic rings. The fourth-order valence-electron chi connectivity index (χ4n) is 1.89. The number of carbonyl (C=O) groups is 2. The number of anilines is 1. The Morgan fingerprint density at radius 3 is 2.95 bits per heavy atom. The third kappa shape index (κ3) is 4.34. The molecule has 1 N–H and O–H groups in total. The van der Waals surface area contributed by atoms with Crippen molar-refractivity contribution in [3.63, 3.8) is 0 Å². The average molecular weight is 281 g/mol. The van der Waals surface area contributed by atoms with Crippen LogP contribution in [-0.2, 0) is 14.3 Å². The minimum absolute atomic E-state index is 0.0336. The van der Waals surface area contributed by atoms with E-state index in [2.05, 4.69) is 15.0 Å². The van der Waals surface area contributed by atoms with Crippen molar-refractivity contribution in [2.24, 2.45) is 5.92 Å². The van der Waals surface area contributed by atoms with Crippen LogP contribution in [0.3, 0.4) is 0 Å². The van der Waals surface area contributed by atoms with Crippen molar-refractivity contribution in [1.29, 1.82) is 0 Å². The molecule has 20 heavy (non-hydrogen) atoms. The molecule has 0 atom stereocenters. The van der Waals surface area contributed by atoms with E-state index in [0.29, 0.717) is 25.4 Å². The Bertz CT molecular complexity index is 442. The third-order valence-electron chi connectivity index (χ3n) is 3.05. The highest BCUT2D eigenvalue weighted by Gasteiger charge is 2.33. The minimum Gasteiger partial charge on any atom is -0.385 e. The fourth-order valence-corrected chi connectivity index (χ4v) is 1.89. The van der Waals surface area contributed by atoms with Gasteiger partial charge in [-0.25, -0.2) is 0 Å². The first-order valence-electron chi connectivity index (χ1n) is 6.68. The Morgan fingerprint density at radius 2 is 2.35 bits per heavy atom. The van der Waals surface area contributed by atoms with E-state index in [1.165, 1.54) is 6.26 Å². The number of amides is 2. The third-order valence-corrected chi connectivity index (χ3v) is 3.05. The maximum atomic E-state index is 12.1. The van der Waals surface area contributed by atoms with Crippen LogP contribution >= 0.6 is 0 Å². The van der Waals surface area contributed by atoms with Gasteiger partial charge in [-0.05, 0) is 19.3 Å². The lowest BCUT2D eigenvalue weighted by Gasteiger charge is -2.21. The predicted molar refractivity (Wildman–Crippen MR) is 70.9 cm³/mol. The number of methoxy groups -OCH3 is 1. The van der Waals surface area contributed by atoms with Gasteiger partial charge in [0.05, 0.1) is 6.54 Å². The zero-order valence-corrected chi connectivity index (χ0v) is 11.5. The summed E-state index contributed by atoms with van der Waals surface area (Å²) in [5.41, 5.74) is 0. The normalized spacial score (nSPS) is 14.1. The van der Waals surface area contributed by atoms with Gasteiger partial charge in [-0.2, -0.15) is 0 Å². The summed E-state index contributed by atoms with van der Waals surface area (Å²) in [5.74, 6) is 0.227. The van der Waals surface area contributed by atoms with Gasteiger partial charge in [-0.1, -0.05) is 5.16 Å². The van der Waals surface area contributed by atoms with E-state index >= 15 is 0 Å². The van der Waals surface area contributed by atoms with E-state index in [1.807, 2.05) is 0 Å². The Morgan fingerprint density at radius 1 is 1.55 bits per heavy atom. The molecule has 1 saturated carbocycles. The molecule has 7 nitrogen and oxygen atoms in total. The van der Waals surface area contributed by atoms with Crippen molar-refractivity contribution >= 4 is 17.6 Å². The Labute approximate surface area is 117 Å². The molecule has 0 saturated heterocycles. The second kappa shape index (κ2) is 7.04. The highest BCUT2D eigenvalue weighted by molar-refractivity contribution is 5.94. The molecule has 0 spiro atoms. The van der Waals surface area contributed by atoms with E-state index in [1.54, 1.807) is 18.1 Å². The molecule has 1 fully saturated rings. The van der Waals surface area contributed by atoms with Crippen LogP contribution in [0.25, 0.3) is 0 Å². The molecule has 0 aromatic carbocycles. The minimum atomic E-state index is -0.273. The first kappa shape index (κ1) is 14.5. The molecule has 0 bridgehead atoms. The summed E-state index contributed by atoms with van der Waals surface area (Å²) in [6, 6.07) is 1.55. The van der Waals surface area contributed by atoms with Gasteiger partial charge in [0.15, 0.2) is 5.82 Å². The molecular formula is C13H19N3O4. The maximum absolute atomic E-state index is 12.1. The second-order valence-corrected chi connectivity index (χ2v) is 4.81. The summed E-state index contributed by atoms with van der Waals surface area (Å²) in [4.78, 5) is 25.6. The van der Waals surface area contributed by atoms with Crippen molar-refractivity contribution in [1.82, 2.24) is 10.1 Å². The van der Waals surface area contributed by atoms with Crippen molar-refractivity contribution in [2.75, 3.05) is 32.1 Å². The molecule has 0 unspecified atom stereocenters. The van der Waals surface area contributed by atoms with Crippen LogP contribution in [0.5, 0.6) is 0 Å². The van der Waals surface area contributed by atoms with Crippen LogP contribution in [0, 0.1) is 5.92 Å². The van der Waals surface area contributed by atoms with Gasteiger partial charge in [-0.3, -0.25) is 9.59 Å². The lowest BCUT2D eigenvalue weighted by Crippen LogP contribution is -2.39. The summed E-state index contributed by atoms with van der Waals surface area (Å²) in [6.07, 6.45) is 3.93. The summed E-state index contributed by atoms with van der Waals surface area (Å²) in [7, 11) is 1.62. The van der Waals surface area contributed by atoms with Crippen LogP contribution in [0.4, 0.5) is 5.82 Å². The van der Waals surface area contributed by atoms with E-state index < -0.39 is 0 Å². The highest BCUT2D eigenvalue weighted by Crippen LogP contribution is 2.31. The zero-order valence-electron chi connectivity index (χ0n) is 11.5. The summed E-state index contributed by atoms with van der Waals surface area (Å²) >= 11 is 0. The number of nitrogens with one attached hydrogen (secondary N) is 1. The van der Waals surface area contributed by atoms with E-state index in [0.717, 1.165) is 12.8 Å². The number of nitrogens with zero attached hydrogens (tertiary/aromatic N) is 2. The van der Waals surface area contributed by atoms with Crippen LogP contribution in [0.2, 0.25) is 0 Å². The van der Waals surface area contributed by atoms with Gasteiger partial charge in [-0.15, -0.1) is 0 Å². The van der Waals surface area contributed by atoms with Crippen LogP contribution in [-0.4, -0.2) is 48.7 Å². The van der Waals surface area contributed by atoms with Gasteiger partial charge in [0, 0.05) is 32.2 Å². The molecule has 110 valence electrons. The van der Waals surface area contributed by atoms with Crippen molar-refractivity contribution in [2.45, 2.75) is 19.3 Å². The number of hydrogen-bond acceptors (Lipinski definition) is 5. The number of hydrogen-bond donors (Lipinski definition) is 1. The quantitative estimate of drug-likeness (QED) is 0.715. The Hall–Kier alpha value is -1.89. The predicted octanol–water partition coefficient (Wildman–Crippen LogP) is 0.888. The first-order chi connectivity index (χ1) is 9.70. The monoisotopic (exact) mass is 281 g/mol. The highest BCUT2D eigenvalue weighted by atomic mass is 16.5. The lowest BCUT2D eigenvalue weighted by molar-refractivity contribution is -0.136. The zero-order chi connectivity index (χ0) is 14.4. The molecule has 2 amide bonds. The number of carbonyl (C=O) groups excluding carboxylic acids is 2. The molecule has 0 aliphatic heterocycles. The smallest absolute Gasteiger partial charge is 0.245 e. The fraction of sp³-hybridized carbons (Fsp3) is 0.615. The molecule has 7 heteroatoms. The van der Waals surface area contributed by atoms with Gasteiger partial charge in [0.1, 0.15) is 6.26 Å². The first-order valence-corrected chi connectivity index (χ1v) is 6.68. The average Bonchev–Trinajstić information content (AvgIpc) is 3.16. The van der Waals surface area contributed by atoms with Gasteiger partial charge in [0.25, 0.3) is 0 Å². The molecule has 1 aliphatic carbocycles. The van der Waals surface area contributed by atoms with Gasteiger partial charge in [0.2, 0.25) is 11.8 Å². The van der Waals surface area contributed by atoms with Crippen molar-refractivity contribution in [3.8, 4) is 0 Å². The Kier molecular flexibility index (Phi) is 5.11. The molecule has 0 radical (unpaired) electrons. The van der Waals surface area contributed by atoms with Crippen LogP contribution in [0.1, 0.15) is 19.3 Å². The van der Waals surface area contributed by atoms with E-state index in [4.69, 9.17) is 4.74 Å². The standard InChI is InChI=1S/C13H19N3O4/c1-19-7-2-6-16(13(18)10-3-4-10)9-12(17)14-11-5-8-20-15-11/h5,8,10H,2-4,6-7,9H2,1H3,(H,14,15,17). The largest absolute Gasteiger partial charge is 0.385 e. The van der Waals surface area contributed by atoms with Gasteiger partial charge >= 0.3 is 0 Å². The topological polar surface area (TPSA) is 84.7 Å². The molecular weight excluding hydrogens is 262 g/mol. The SMILES string of the molecule is COCCCN(CC(=O)Nc1ccon1)C(=O)C1CC1. The second-order valence-electron chi connectivity index (χ2n) is 4.81. The molecule has 2 rings (SSSR count). The van der Waals surface area contributed by atoms with Crippen molar-refractivity contribution in [3.05, 3.63) is 12.3 Å². The summed E-state index contributed by atoms with van der Waals surface area (Å²) in [5, 5.41) is 6.19. The maximum Gasteiger partial charge on any atom is 0.245 e. The van der Waals surface area contributed by atoms with Crippen LogP contribution in [0.15, 0.2) is 16.9 Å². The van der Waals surface area contributed by atoms with Crippen LogP contribution < -0.4 is 5.32 Å². The molecule has 1 aromatic heterocycles. The lowest BCUT2D eigenvalue weighted by atomic mass is 10.3.